The van der Waals surface area contributed by atoms with Crippen molar-refractivity contribution in [3.63, 3.8) is 0 Å². The van der Waals surface area contributed by atoms with E-state index < -0.39 is 5.60 Å². The van der Waals surface area contributed by atoms with Crippen molar-refractivity contribution in [2.75, 3.05) is 39.8 Å². The van der Waals surface area contributed by atoms with E-state index in [0.717, 1.165) is 39.1 Å². The monoisotopic (exact) mass is 270 g/mol. The highest BCUT2D eigenvalue weighted by atomic mass is 16.6. The standard InChI is InChI=1S/C14H26N2O3/c1-13(2,3)19-12(17)16-7-5-6-14(11-16)10-15(4)8-9-18-14/h5-11H2,1-4H3. The predicted molar refractivity (Wildman–Crippen MR) is 73.2 cm³/mol. The molecule has 1 unspecified atom stereocenters. The van der Waals surface area contributed by atoms with Gasteiger partial charge in [0.15, 0.2) is 0 Å². The van der Waals surface area contributed by atoms with Gasteiger partial charge in [-0.15, -0.1) is 0 Å². The normalized spacial score (nSPS) is 29.6. The number of amides is 1. The van der Waals surface area contributed by atoms with Crippen LogP contribution in [0.25, 0.3) is 0 Å². The summed E-state index contributed by atoms with van der Waals surface area (Å²) in [6.07, 6.45) is 1.78. The number of hydrogen-bond acceptors (Lipinski definition) is 4. The van der Waals surface area contributed by atoms with Gasteiger partial charge in [-0.25, -0.2) is 4.79 Å². The maximum absolute atomic E-state index is 12.2. The lowest BCUT2D eigenvalue weighted by Gasteiger charge is -2.47. The van der Waals surface area contributed by atoms with E-state index in [-0.39, 0.29) is 11.7 Å². The maximum atomic E-state index is 12.2. The van der Waals surface area contributed by atoms with Crippen LogP contribution < -0.4 is 0 Å². The minimum absolute atomic E-state index is 0.192. The van der Waals surface area contributed by atoms with Gasteiger partial charge in [0.05, 0.1) is 18.8 Å². The second kappa shape index (κ2) is 5.29. The van der Waals surface area contributed by atoms with Crippen molar-refractivity contribution in [3.8, 4) is 0 Å². The Morgan fingerprint density at radius 3 is 2.63 bits per heavy atom. The molecule has 2 rings (SSSR count). The van der Waals surface area contributed by atoms with Gasteiger partial charge >= 0.3 is 6.09 Å². The smallest absolute Gasteiger partial charge is 0.410 e. The summed E-state index contributed by atoms with van der Waals surface area (Å²) in [5.74, 6) is 0. The lowest BCUT2D eigenvalue weighted by atomic mass is 9.91. The number of piperidine rings is 1. The van der Waals surface area contributed by atoms with E-state index in [2.05, 4.69) is 11.9 Å². The minimum Gasteiger partial charge on any atom is -0.444 e. The Kier molecular flexibility index (Phi) is 4.06. The Labute approximate surface area is 115 Å². The Hall–Kier alpha value is -0.810. The molecule has 1 spiro atoms. The largest absolute Gasteiger partial charge is 0.444 e. The average molecular weight is 270 g/mol. The number of ether oxygens (including phenoxy) is 2. The fourth-order valence-corrected chi connectivity index (χ4v) is 2.86. The van der Waals surface area contributed by atoms with Gasteiger partial charge in [0.25, 0.3) is 0 Å². The summed E-state index contributed by atoms with van der Waals surface area (Å²) in [7, 11) is 2.11. The van der Waals surface area contributed by atoms with Crippen LogP contribution >= 0.6 is 0 Å². The number of morpholine rings is 1. The van der Waals surface area contributed by atoms with Gasteiger partial charge in [-0.2, -0.15) is 0 Å². The molecule has 5 nitrogen and oxygen atoms in total. The topological polar surface area (TPSA) is 42.0 Å². The van der Waals surface area contributed by atoms with E-state index in [1.807, 2.05) is 20.8 Å². The van der Waals surface area contributed by atoms with Crippen molar-refractivity contribution in [1.29, 1.82) is 0 Å². The van der Waals surface area contributed by atoms with Crippen LogP contribution in [-0.4, -0.2) is 66.9 Å². The van der Waals surface area contributed by atoms with Gasteiger partial charge in [0.2, 0.25) is 0 Å². The molecule has 0 radical (unpaired) electrons. The second-order valence-corrected chi connectivity index (χ2v) is 6.77. The van der Waals surface area contributed by atoms with Crippen LogP contribution in [0.15, 0.2) is 0 Å². The molecule has 2 saturated heterocycles. The summed E-state index contributed by atoms with van der Waals surface area (Å²) in [5, 5.41) is 0. The van der Waals surface area contributed by atoms with Crippen molar-refractivity contribution >= 4 is 6.09 Å². The first-order chi connectivity index (χ1) is 8.80. The number of rotatable bonds is 0. The first kappa shape index (κ1) is 14.6. The van der Waals surface area contributed by atoms with E-state index in [9.17, 15) is 4.79 Å². The van der Waals surface area contributed by atoms with Gasteiger partial charge in [-0.05, 0) is 40.7 Å². The number of hydrogen-bond donors (Lipinski definition) is 0. The van der Waals surface area contributed by atoms with Gasteiger partial charge in [-0.1, -0.05) is 0 Å². The molecule has 0 saturated carbocycles. The molecule has 110 valence electrons. The lowest BCUT2D eigenvalue weighted by Crippen LogP contribution is -2.60. The molecule has 0 aromatic heterocycles. The van der Waals surface area contributed by atoms with E-state index >= 15 is 0 Å². The number of likely N-dealkylation sites (tertiary alicyclic amines) is 1. The molecule has 0 bridgehead atoms. The zero-order chi connectivity index (χ0) is 14.1. The third kappa shape index (κ3) is 3.83. The van der Waals surface area contributed by atoms with Crippen LogP contribution in [0.5, 0.6) is 0 Å². The molecule has 0 aliphatic carbocycles. The van der Waals surface area contributed by atoms with Gasteiger partial charge in [0, 0.05) is 19.6 Å². The SMILES string of the molecule is CN1CCOC2(CCCN(C(=O)OC(C)(C)C)C2)C1. The highest BCUT2D eigenvalue weighted by Crippen LogP contribution is 2.29. The summed E-state index contributed by atoms with van der Waals surface area (Å²) in [6, 6.07) is 0. The average Bonchev–Trinajstić information content (AvgIpc) is 2.26. The molecule has 5 heteroatoms. The number of nitrogens with zero attached hydrogens (tertiary/aromatic N) is 2. The van der Waals surface area contributed by atoms with Crippen LogP contribution in [0.3, 0.4) is 0 Å². The summed E-state index contributed by atoms with van der Waals surface area (Å²) < 4.78 is 11.5. The zero-order valence-electron chi connectivity index (χ0n) is 12.6. The fourth-order valence-electron chi connectivity index (χ4n) is 2.86. The molecule has 2 fully saturated rings. The molecule has 1 atom stereocenters. The third-order valence-electron chi connectivity index (χ3n) is 3.63. The van der Waals surface area contributed by atoms with Gasteiger partial charge in [0.1, 0.15) is 5.60 Å². The van der Waals surface area contributed by atoms with Crippen molar-refractivity contribution in [2.45, 2.75) is 44.8 Å². The van der Waals surface area contributed by atoms with Gasteiger partial charge < -0.3 is 19.3 Å². The molecular weight excluding hydrogens is 244 g/mol. The first-order valence-corrected chi connectivity index (χ1v) is 7.10. The zero-order valence-corrected chi connectivity index (χ0v) is 12.6. The van der Waals surface area contributed by atoms with Crippen molar-refractivity contribution in [3.05, 3.63) is 0 Å². The molecule has 0 aromatic rings. The van der Waals surface area contributed by atoms with Gasteiger partial charge in [-0.3, -0.25) is 0 Å². The summed E-state index contributed by atoms with van der Waals surface area (Å²) in [6.45, 7) is 9.72. The number of carbonyl (C=O) groups excluding carboxylic acids is 1. The minimum atomic E-state index is -0.439. The molecule has 1 amide bonds. The Bertz CT molecular complexity index is 336. The van der Waals surface area contributed by atoms with E-state index in [4.69, 9.17) is 9.47 Å². The lowest BCUT2D eigenvalue weighted by molar-refractivity contribution is -0.133. The Morgan fingerprint density at radius 2 is 2.00 bits per heavy atom. The van der Waals surface area contributed by atoms with Crippen molar-refractivity contribution < 1.29 is 14.3 Å². The molecule has 2 heterocycles. The second-order valence-electron chi connectivity index (χ2n) is 6.77. The van der Waals surface area contributed by atoms with Crippen LogP contribution in [0.1, 0.15) is 33.6 Å². The van der Waals surface area contributed by atoms with Crippen molar-refractivity contribution in [2.24, 2.45) is 0 Å². The van der Waals surface area contributed by atoms with E-state index in [0.29, 0.717) is 6.54 Å². The van der Waals surface area contributed by atoms with Crippen LogP contribution in [0.4, 0.5) is 4.79 Å². The van der Waals surface area contributed by atoms with Crippen LogP contribution in [0.2, 0.25) is 0 Å². The third-order valence-corrected chi connectivity index (χ3v) is 3.63. The number of likely N-dealkylation sites (N-methyl/N-ethyl adjacent to an activating group) is 1. The first-order valence-electron chi connectivity index (χ1n) is 7.10. The molecule has 2 aliphatic rings. The molecule has 0 N–H and O–H groups in total. The summed E-state index contributed by atoms with van der Waals surface area (Å²) in [4.78, 5) is 16.2. The molecule has 0 aromatic carbocycles. The Morgan fingerprint density at radius 1 is 1.26 bits per heavy atom. The van der Waals surface area contributed by atoms with E-state index in [1.54, 1.807) is 4.90 Å². The van der Waals surface area contributed by atoms with Crippen molar-refractivity contribution in [1.82, 2.24) is 9.80 Å². The molecule has 19 heavy (non-hydrogen) atoms. The van der Waals surface area contributed by atoms with Crippen LogP contribution in [-0.2, 0) is 9.47 Å². The highest BCUT2D eigenvalue weighted by Gasteiger charge is 2.41. The highest BCUT2D eigenvalue weighted by molar-refractivity contribution is 5.68. The van der Waals surface area contributed by atoms with E-state index in [1.165, 1.54) is 0 Å². The predicted octanol–water partition coefficient (Wildman–Crippen LogP) is 1.72. The Balaban J connectivity index is 1.98. The molecule has 2 aliphatic heterocycles. The summed E-state index contributed by atoms with van der Waals surface area (Å²) in [5.41, 5.74) is -0.631. The quantitative estimate of drug-likeness (QED) is 0.672. The fraction of sp³-hybridized carbons (Fsp3) is 0.929. The maximum Gasteiger partial charge on any atom is 0.410 e. The molecular formula is C14H26N2O3. The number of carbonyl (C=O) groups is 1. The summed E-state index contributed by atoms with van der Waals surface area (Å²) >= 11 is 0. The van der Waals surface area contributed by atoms with Crippen LogP contribution in [0, 0.1) is 0 Å².